The molecule has 0 saturated heterocycles. The molecular weight excluding hydrogens is 252 g/mol. The van der Waals surface area contributed by atoms with Gasteiger partial charge in [0.15, 0.2) is 0 Å². The highest BCUT2D eigenvalue weighted by Crippen LogP contribution is 2.28. The first-order chi connectivity index (χ1) is 9.63. The zero-order chi connectivity index (χ0) is 14.5. The summed E-state index contributed by atoms with van der Waals surface area (Å²) in [5.74, 6) is 0.147. The van der Waals surface area contributed by atoms with Gasteiger partial charge in [-0.3, -0.25) is 9.59 Å². The van der Waals surface area contributed by atoms with E-state index >= 15 is 0 Å². The van der Waals surface area contributed by atoms with Gasteiger partial charge in [0.2, 0.25) is 11.8 Å². The first-order valence-electron chi connectivity index (χ1n) is 7.34. The lowest BCUT2D eigenvalue weighted by Crippen LogP contribution is -2.38. The molecule has 1 atom stereocenters. The molecule has 0 fully saturated rings. The molecule has 0 radical (unpaired) electrons. The van der Waals surface area contributed by atoms with Crippen LogP contribution in [0.15, 0.2) is 18.2 Å². The van der Waals surface area contributed by atoms with E-state index in [2.05, 4.69) is 16.7 Å². The summed E-state index contributed by atoms with van der Waals surface area (Å²) in [6.07, 6.45) is 3.67. The number of anilines is 1. The van der Waals surface area contributed by atoms with E-state index in [1.165, 1.54) is 11.1 Å². The number of benzene rings is 1. The molecular formula is C16H22N2O2. The van der Waals surface area contributed by atoms with Gasteiger partial charge in [-0.05, 0) is 36.5 Å². The molecule has 0 bridgehead atoms. The van der Waals surface area contributed by atoms with E-state index in [9.17, 15) is 9.59 Å². The highest BCUT2D eigenvalue weighted by molar-refractivity contribution is 5.91. The van der Waals surface area contributed by atoms with Gasteiger partial charge in [-0.1, -0.05) is 26.0 Å². The number of rotatable bonds is 4. The minimum atomic E-state index is 0.0415. The van der Waals surface area contributed by atoms with Gasteiger partial charge < -0.3 is 10.6 Å². The second-order valence-electron chi connectivity index (χ2n) is 5.21. The van der Waals surface area contributed by atoms with Crippen LogP contribution >= 0.6 is 0 Å². The molecule has 0 aromatic heterocycles. The van der Waals surface area contributed by atoms with Gasteiger partial charge in [0.25, 0.3) is 0 Å². The zero-order valence-electron chi connectivity index (χ0n) is 12.2. The highest BCUT2D eigenvalue weighted by Gasteiger charge is 2.22. The van der Waals surface area contributed by atoms with Crippen molar-refractivity contribution in [2.45, 2.75) is 52.0 Å². The van der Waals surface area contributed by atoms with Crippen molar-refractivity contribution in [1.82, 2.24) is 5.32 Å². The number of carbonyl (C=O) groups excluding carboxylic acids is 2. The summed E-state index contributed by atoms with van der Waals surface area (Å²) in [7, 11) is 0. The van der Waals surface area contributed by atoms with Crippen LogP contribution in [0.25, 0.3) is 0 Å². The van der Waals surface area contributed by atoms with Gasteiger partial charge in [-0.2, -0.15) is 0 Å². The minimum Gasteiger partial charge on any atom is -0.353 e. The molecule has 1 aliphatic rings. The lowest BCUT2D eigenvalue weighted by molar-refractivity contribution is -0.121. The molecule has 0 spiro atoms. The molecule has 2 N–H and O–H groups in total. The van der Waals surface area contributed by atoms with Gasteiger partial charge in [0, 0.05) is 24.6 Å². The summed E-state index contributed by atoms with van der Waals surface area (Å²) >= 11 is 0. The van der Waals surface area contributed by atoms with E-state index in [4.69, 9.17) is 0 Å². The number of carbonyl (C=O) groups is 2. The molecule has 1 aromatic carbocycles. The average Bonchev–Trinajstić information content (AvgIpc) is 2.47. The Balaban J connectivity index is 2.11. The third kappa shape index (κ3) is 3.38. The van der Waals surface area contributed by atoms with Crippen molar-refractivity contribution < 1.29 is 9.59 Å². The van der Waals surface area contributed by atoms with Crippen molar-refractivity contribution in [2.24, 2.45) is 0 Å². The zero-order valence-corrected chi connectivity index (χ0v) is 12.2. The molecule has 20 heavy (non-hydrogen) atoms. The molecule has 4 nitrogen and oxygen atoms in total. The first-order valence-corrected chi connectivity index (χ1v) is 7.34. The van der Waals surface area contributed by atoms with Gasteiger partial charge in [-0.15, -0.1) is 0 Å². The second kappa shape index (κ2) is 6.55. The van der Waals surface area contributed by atoms with E-state index < -0.39 is 0 Å². The molecule has 4 heteroatoms. The van der Waals surface area contributed by atoms with Crippen LogP contribution in [-0.4, -0.2) is 17.9 Å². The van der Waals surface area contributed by atoms with Crippen molar-refractivity contribution >= 4 is 17.5 Å². The number of amides is 2. The van der Waals surface area contributed by atoms with Crippen LogP contribution in [0.2, 0.25) is 0 Å². The van der Waals surface area contributed by atoms with Crippen molar-refractivity contribution in [1.29, 1.82) is 0 Å². The molecule has 108 valence electrons. The largest absolute Gasteiger partial charge is 0.353 e. The molecule has 1 aromatic rings. The number of nitrogens with one attached hydrogen (secondary N) is 2. The maximum Gasteiger partial charge on any atom is 0.224 e. The van der Waals surface area contributed by atoms with Crippen molar-refractivity contribution in [3.8, 4) is 0 Å². The van der Waals surface area contributed by atoms with E-state index in [1.807, 2.05) is 26.0 Å². The van der Waals surface area contributed by atoms with Crippen LogP contribution in [0.4, 0.5) is 5.69 Å². The third-order valence-corrected chi connectivity index (χ3v) is 3.76. The van der Waals surface area contributed by atoms with Crippen LogP contribution in [0.3, 0.4) is 0 Å². The summed E-state index contributed by atoms with van der Waals surface area (Å²) in [5.41, 5.74) is 3.37. The molecule has 2 amide bonds. The fourth-order valence-corrected chi connectivity index (χ4v) is 2.62. The van der Waals surface area contributed by atoms with E-state index in [0.29, 0.717) is 12.8 Å². The Labute approximate surface area is 119 Å². The first kappa shape index (κ1) is 14.6. The Kier molecular flexibility index (Phi) is 4.77. The van der Waals surface area contributed by atoms with Gasteiger partial charge in [-0.25, -0.2) is 0 Å². The second-order valence-corrected chi connectivity index (χ2v) is 5.21. The number of hydrogen-bond donors (Lipinski definition) is 2. The quantitative estimate of drug-likeness (QED) is 0.886. The fourth-order valence-electron chi connectivity index (χ4n) is 2.62. The standard InChI is InChI=1S/C16H22N2O2/c1-3-15(19)17-12-8-9-13-11(10-12)6-5-7-14(13)18-16(20)4-2/h5-7,12H,3-4,8-10H2,1-2H3,(H,17,19)(H,18,20). The maximum absolute atomic E-state index is 11.5. The average molecular weight is 274 g/mol. The van der Waals surface area contributed by atoms with Crippen LogP contribution in [-0.2, 0) is 22.4 Å². The van der Waals surface area contributed by atoms with E-state index in [0.717, 1.165) is 24.9 Å². The summed E-state index contributed by atoms with van der Waals surface area (Å²) in [4.78, 5) is 23.0. The molecule has 2 rings (SSSR count). The predicted molar refractivity (Wildman–Crippen MR) is 79.6 cm³/mol. The summed E-state index contributed by atoms with van der Waals surface area (Å²) < 4.78 is 0. The lowest BCUT2D eigenvalue weighted by atomic mass is 9.87. The Bertz CT molecular complexity index is 511. The van der Waals surface area contributed by atoms with Gasteiger partial charge in [0.05, 0.1) is 0 Å². The Morgan fingerprint density at radius 2 is 1.95 bits per heavy atom. The lowest BCUT2D eigenvalue weighted by Gasteiger charge is -2.27. The monoisotopic (exact) mass is 274 g/mol. The third-order valence-electron chi connectivity index (χ3n) is 3.76. The molecule has 1 aliphatic carbocycles. The summed E-state index contributed by atoms with van der Waals surface area (Å²) in [6, 6.07) is 6.22. The molecule has 0 aliphatic heterocycles. The van der Waals surface area contributed by atoms with Crippen LogP contribution in [0.1, 0.15) is 44.2 Å². The Morgan fingerprint density at radius 1 is 1.20 bits per heavy atom. The maximum atomic E-state index is 11.5. The van der Waals surface area contributed by atoms with Crippen molar-refractivity contribution in [3.63, 3.8) is 0 Å². The van der Waals surface area contributed by atoms with E-state index in [1.54, 1.807) is 0 Å². The van der Waals surface area contributed by atoms with Gasteiger partial charge in [0.1, 0.15) is 0 Å². The SMILES string of the molecule is CCC(=O)Nc1cccc2c1CCC(NC(=O)CC)C2. The Hall–Kier alpha value is -1.84. The normalized spacial score (nSPS) is 17.2. The minimum absolute atomic E-state index is 0.0415. The van der Waals surface area contributed by atoms with Crippen LogP contribution < -0.4 is 10.6 Å². The van der Waals surface area contributed by atoms with Crippen molar-refractivity contribution in [2.75, 3.05) is 5.32 Å². The number of hydrogen-bond acceptors (Lipinski definition) is 2. The predicted octanol–water partition coefficient (Wildman–Crippen LogP) is 2.42. The van der Waals surface area contributed by atoms with E-state index in [-0.39, 0.29) is 17.9 Å². The van der Waals surface area contributed by atoms with Crippen molar-refractivity contribution in [3.05, 3.63) is 29.3 Å². The molecule has 1 unspecified atom stereocenters. The Morgan fingerprint density at radius 3 is 2.65 bits per heavy atom. The van der Waals surface area contributed by atoms with Crippen LogP contribution in [0.5, 0.6) is 0 Å². The summed E-state index contributed by atoms with van der Waals surface area (Å²) in [5, 5.41) is 6.01. The highest BCUT2D eigenvalue weighted by atomic mass is 16.2. The molecule has 0 heterocycles. The number of fused-ring (bicyclic) bond motifs is 1. The van der Waals surface area contributed by atoms with Gasteiger partial charge >= 0.3 is 0 Å². The fraction of sp³-hybridized carbons (Fsp3) is 0.500. The summed E-state index contributed by atoms with van der Waals surface area (Å²) in [6.45, 7) is 3.71. The topological polar surface area (TPSA) is 58.2 Å². The molecule has 0 saturated carbocycles. The smallest absolute Gasteiger partial charge is 0.224 e. The van der Waals surface area contributed by atoms with Crippen LogP contribution in [0, 0.1) is 0 Å².